The summed E-state index contributed by atoms with van der Waals surface area (Å²) in [6.07, 6.45) is 2.98. The molecule has 2 fully saturated rings. The number of rotatable bonds is 3. The first kappa shape index (κ1) is 23.9. The quantitative estimate of drug-likeness (QED) is 0.773. The fraction of sp³-hybridized carbons (Fsp3) is 0.619. The van der Waals surface area contributed by atoms with Gasteiger partial charge in [0.05, 0.1) is 12.6 Å². The third-order valence-corrected chi connectivity index (χ3v) is 6.34. The fourth-order valence-electron chi connectivity index (χ4n) is 4.69. The van der Waals surface area contributed by atoms with Gasteiger partial charge < -0.3 is 15.1 Å². The Hall–Kier alpha value is -1.34. The van der Waals surface area contributed by atoms with E-state index in [1.165, 1.54) is 11.1 Å². The Kier molecular flexibility index (Phi) is 8.76. The number of carbonyl (C=O) groups excluding carboxylic acids is 2. The highest BCUT2D eigenvalue weighted by Crippen LogP contribution is 2.23. The van der Waals surface area contributed by atoms with Crippen LogP contribution in [0.3, 0.4) is 0 Å². The van der Waals surface area contributed by atoms with Crippen molar-refractivity contribution in [1.29, 1.82) is 0 Å². The van der Waals surface area contributed by atoms with E-state index in [0.717, 1.165) is 52.0 Å². The van der Waals surface area contributed by atoms with Crippen molar-refractivity contribution < 1.29 is 9.59 Å². The Morgan fingerprint density at radius 3 is 2.66 bits per heavy atom. The SMILES string of the molecule is CC(C(=O)N1CCCC(N2CCNCC2=O)C1)N1CCc2ccccc2C1.Cl.Cl. The van der Waals surface area contributed by atoms with Crippen LogP contribution in [0.2, 0.25) is 0 Å². The zero-order chi connectivity index (χ0) is 18.8. The molecule has 2 amide bonds. The molecule has 0 aliphatic carbocycles. The summed E-state index contributed by atoms with van der Waals surface area (Å²) in [5.74, 6) is 0.378. The van der Waals surface area contributed by atoms with Gasteiger partial charge in [0.25, 0.3) is 0 Å². The van der Waals surface area contributed by atoms with Crippen LogP contribution in [0, 0.1) is 0 Å². The maximum atomic E-state index is 13.2. The summed E-state index contributed by atoms with van der Waals surface area (Å²) >= 11 is 0. The molecule has 0 spiro atoms. The predicted octanol–water partition coefficient (Wildman–Crippen LogP) is 1.70. The van der Waals surface area contributed by atoms with Crippen molar-refractivity contribution in [3.05, 3.63) is 35.4 Å². The Bertz CT molecular complexity index is 718. The summed E-state index contributed by atoms with van der Waals surface area (Å²) in [5.41, 5.74) is 2.75. The number of carbonyl (C=O) groups is 2. The van der Waals surface area contributed by atoms with Crippen LogP contribution < -0.4 is 5.32 Å². The van der Waals surface area contributed by atoms with Gasteiger partial charge in [-0.3, -0.25) is 14.5 Å². The first-order valence-corrected chi connectivity index (χ1v) is 10.2. The molecular formula is C21H32Cl2N4O2. The van der Waals surface area contributed by atoms with E-state index in [0.29, 0.717) is 13.1 Å². The second-order valence-corrected chi connectivity index (χ2v) is 8.01. The lowest BCUT2D eigenvalue weighted by Crippen LogP contribution is -2.59. The number of nitrogens with zero attached hydrogens (tertiary/aromatic N) is 3. The topological polar surface area (TPSA) is 55.9 Å². The van der Waals surface area contributed by atoms with Gasteiger partial charge in [0.2, 0.25) is 11.8 Å². The van der Waals surface area contributed by atoms with Crippen molar-refractivity contribution in [3.8, 4) is 0 Å². The van der Waals surface area contributed by atoms with Crippen LogP contribution in [0.25, 0.3) is 0 Å². The van der Waals surface area contributed by atoms with E-state index >= 15 is 0 Å². The average molecular weight is 443 g/mol. The molecule has 2 atom stereocenters. The number of benzene rings is 1. The number of piperidine rings is 1. The van der Waals surface area contributed by atoms with Gasteiger partial charge in [-0.05, 0) is 37.3 Å². The van der Waals surface area contributed by atoms with Gasteiger partial charge in [0, 0.05) is 45.3 Å². The molecule has 3 heterocycles. The molecule has 4 rings (SSSR count). The van der Waals surface area contributed by atoms with E-state index in [2.05, 4.69) is 34.5 Å². The fourth-order valence-corrected chi connectivity index (χ4v) is 4.69. The third kappa shape index (κ3) is 5.23. The molecule has 6 nitrogen and oxygen atoms in total. The first-order valence-electron chi connectivity index (χ1n) is 10.2. The molecule has 3 aliphatic heterocycles. The van der Waals surface area contributed by atoms with Crippen LogP contribution in [0.1, 0.15) is 30.9 Å². The maximum absolute atomic E-state index is 13.2. The van der Waals surface area contributed by atoms with Gasteiger partial charge in [-0.15, -0.1) is 24.8 Å². The summed E-state index contributed by atoms with van der Waals surface area (Å²) in [6.45, 7) is 7.32. The van der Waals surface area contributed by atoms with Crippen molar-refractivity contribution in [3.63, 3.8) is 0 Å². The van der Waals surface area contributed by atoms with Gasteiger partial charge >= 0.3 is 0 Å². The molecule has 2 saturated heterocycles. The first-order chi connectivity index (χ1) is 13.1. The number of halogens is 2. The Morgan fingerprint density at radius 1 is 1.14 bits per heavy atom. The van der Waals surface area contributed by atoms with Crippen LogP contribution >= 0.6 is 24.8 Å². The molecular weight excluding hydrogens is 411 g/mol. The molecule has 1 aromatic rings. The van der Waals surface area contributed by atoms with Crippen LogP contribution in [-0.2, 0) is 22.6 Å². The zero-order valence-corrected chi connectivity index (χ0v) is 18.6. The molecule has 8 heteroatoms. The van der Waals surface area contributed by atoms with Crippen molar-refractivity contribution >= 4 is 36.6 Å². The van der Waals surface area contributed by atoms with Crippen LogP contribution in [0.4, 0.5) is 0 Å². The Balaban J connectivity index is 0.00000150. The van der Waals surface area contributed by atoms with E-state index in [4.69, 9.17) is 0 Å². The normalized spacial score (nSPS) is 23.5. The number of likely N-dealkylation sites (tertiary alicyclic amines) is 1. The lowest BCUT2D eigenvalue weighted by Gasteiger charge is -2.43. The molecule has 162 valence electrons. The lowest BCUT2D eigenvalue weighted by atomic mass is 9.98. The van der Waals surface area contributed by atoms with E-state index in [-0.39, 0.29) is 48.7 Å². The van der Waals surface area contributed by atoms with Gasteiger partial charge in [-0.25, -0.2) is 0 Å². The smallest absolute Gasteiger partial charge is 0.239 e. The molecule has 0 radical (unpaired) electrons. The summed E-state index contributed by atoms with van der Waals surface area (Å²) in [5, 5.41) is 3.13. The number of amides is 2. The standard InChI is InChI=1S/C21H30N4O2.2ClH/c1-16(23-11-8-17-5-2-3-6-18(17)14-23)21(27)24-10-4-7-19(15-24)25-12-9-22-13-20(25)26;;/h2-3,5-6,16,19,22H,4,7-15H2,1H3;2*1H. The Morgan fingerprint density at radius 2 is 1.90 bits per heavy atom. The lowest BCUT2D eigenvalue weighted by molar-refractivity contribution is -0.143. The minimum absolute atomic E-state index is 0. The van der Waals surface area contributed by atoms with Crippen molar-refractivity contribution in [2.24, 2.45) is 0 Å². The maximum Gasteiger partial charge on any atom is 0.239 e. The Labute approximate surface area is 185 Å². The van der Waals surface area contributed by atoms with Crippen LogP contribution in [0.15, 0.2) is 24.3 Å². The van der Waals surface area contributed by atoms with Crippen LogP contribution in [-0.4, -0.2) is 77.9 Å². The van der Waals surface area contributed by atoms with Crippen molar-refractivity contribution in [1.82, 2.24) is 20.0 Å². The highest BCUT2D eigenvalue weighted by atomic mass is 35.5. The molecule has 2 unspecified atom stereocenters. The minimum atomic E-state index is -0.115. The van der Waals surface area contributed by atoms with Gasteiger partial charge in [0.15, 0.2) is 0 Å². The third-order valence-electron chi connectivity index (χ3n) is 6.34. The van der Waals surface area contributed by atoms with Gasteiger partial charge in [0.1, 0.15) is 0 Å². The number of fused-ring (bicyclic) bond motifs is 1. The highest BCUT2D eigenvalue weighted by Gasteiger charge is 2.34. The van der Waals surface area contributed by atoms with Crippen molar-refractivity contribution in [2.75, 3.05) is 39.3 Å². The minimum Gasteiger partial charge on any atom is -0.339 e. The largest absolute Gasteiger partial charge is 0.339 e. The molecule has 3 aliphatic rings. The highest BCUT2D eigenvalue weighted by molar-refractivity contribution is 5.85. The predicted molar refractivity (Wildman–Crippen MR) is 119 cm³/mol. The second kappa shape index (κ2) is 10.6. The zero-order valence-electron chi connectivity index (χ0n) is 17.0. The van der Waals surface area contributed by atoms with E-state index in [1.54, 1.807) is 0 Å². The van der Waals surface area contributed by atoms with E-state index < -0.39 is 0 Å². The van der Waals surface area contributed by atoms with Crippen molar-refractivity contribution in [2.45, 2.75) is 44.8 Å². The van der Waals surface area contributed by atoms with Crippen LogP contribution in [0.5, 0.6) is 0 Å². The molecule has 29 heavy (non-hydrogen) atoms. The average Bonchev–Trinajstić information content (AvgIpc) is 2.72. The van der Waals surface area contributed by atoms with E-state index in [9.17, 15) is 9.59 Å². The van der Waals surface area contributed by atoms with E-state index in [1.807, 2.05) is 16.7 Å². The summed E-state index contributed by atoms with van der Waals surface area (Å²) in [6, 6.07) is 8.59. The summed E-state index contributed by atoms with van der Waals surface area (Å²) in [7, 11) is 0. The number of nitrogens with one attached hydrogen (secondary N) is 1. The second-order valence-electron chi connectivity index (χ2n) is 8.01. The monoisotopic (exact) mass is 442 g/mol. The number of piperazine rings is 1. The summed E-state index contributed by atoms with van der Waals surface area (Å²) in [4.78, 5) is 31.7. The molecule has 1 aromatic carbocycles. The van der Waals surface area contributed by atoms with Gasteiger partial charge in [-0.1, -0.05) is 24.3 Å². The molecule has 0 saturated carbocycles. The molecule has 1 N–H and O–H groups in total. The molecule has 0 bridgehead atoms. The number of hydrogen-bond donors (Lipinski definition) is 1. The summed E-state index contributed by atoms with van der Waals surface area (Å²) < 4.78 is 0. The van der Waals surface area contributed by atoms with Gasteiger partial charge in [-0.2, -0.15) is 0 Å². The molecule has 0 aromatic heterocycles. The number of hydrogen-bond acceptors (Lipinski definition) is 4.